The van der Waals surface area contributed by atoms with E-state index in [1.54, 1.807) is 0 Å². The van der Waals surface area contributed by atoms with Gasteiger partial charge in [0.15, 0.2) is 5.84 Å². The zero-order valence-electron chi connectivity index (χ0n) is 16.8. The molecule has 0 unspecified atom stereocenters. The number of anilines is 1. The first kappa shape index (κ1) is 18.3. The maximum absolute atomic E-state index is 6.60. The van der Waals surface area contributed by atoms with Gasteiger partial charge in [0, 0.05) is 0 Å². The van der Waals surface area contributed by atoms with Gasteiger partial charge in [0.25, 0.3) is 0 Å². The molecule has 0 N–H and O–H groups in total. The summed E-state index contributed by atoms with van der Waals surface area (Å²) in [5.41, 5.74) is 4.38. The Morgan fingerprint density at radius 1 is 0.633 bits per heavy atom. The molecule has 1 heterocycles. The summed E-state index contributed by atoms with van der Waals surface area (Å²) in [4.78, 5) is 11.7. The van der Waals surface area contributed by atoms with Gasteiger partial charge in [0.2, 0.25) is 5.60 Å². The minimum Gasteiger partial charge on any atom is -0.243 e. The SMILES string of the molecule is Cc1ccc(N=C2N(c3ccccc3)OC2(c2ccccc2)c2ccccc2)cc1. The lowest BCUT2D eigenvalue weighted by Gasteiger charge is -2.51. The Balaban J connectivity index is 1.72. The summed E-state index contributed by atoms with van der Waals surface area (Å²) in [6, 6.07) is 38.9. The number of para-hydroxylation sites is 1. The molecule has 0 bridgehead atoms. The van der Waals surface area contributed by atoms with Gasteiger partial charge >= 0.3 is 0 Å². The fourth-order valence-electron chi connectivity index (χ4n) is 3.81. The van der Waals surface area contributed by atoms with Gasteiger partial charge in [-0.05, 0) is 42.3 Å². The minimum atomic E-state index is -0.775. The van der Waals surface area contributed by atoms with Crippen LogP contribution in [0.2, 0.25) is 0 Å². The van der Waals surface area contributed by atoms with E-state index < -0.39 is 5.60 Å². The van der Waals surface area contributed by atoms with Crippen LogP contribution >= 0.6 is 0 Å². The molecule has 0 aliphatic carbocycles. The molecular weight excluding hydrogens is 368 g/mol. The molecule has 3 nitrogen and oxygen atoms in total. The Labute approximate surface area is 176 Å². The second-order valence-electron chi connectivity index (χ2n) is 7.41. The van der Waals surface area contributed by atoms with Crippen molar-refractivity contribution < 1.29 is 4.84 Å². The van der Waals surface area contributed by atoms with Gasteiger partial charge < -0.3 is 0 Å². The van der Waals surface area contributed by atoms with E-state index in [4.69, 9.17) is 9.83 Å². The quantitative estimate of drug-likeness (QED) is 0.402. The molecule has 0 amide bonds. The first-order chi connectivity index (χ1) is 14.8. The average molecular weight is 390 g/mol. The Morgan fingerprint density at radius 3 is 1.67 bits per heavy atom. The largest absolute Gasteiger partial charge is 0.243 e. The summed E-state index contributed by atoms with van der Waals surface area (Å²) in [5.74, 6) is 0.843. The number of hydroxylamine groups is 1. The van der Waals surface area contributed by atoms with E-state index in [0.29, 0.717) is 0 Å². The van der Waals surface area contributed by atoms with E-state index in [2.05, 4.69) is 43.3 Å². The van der Waals surface area contributed by atoms with E-state index in [1.165, 1.54) is 5.56 Å². The van der Waals surface area contributed by atoms with Crippen molar-refractivity contribution in [2.24, 2.45) is 4.99 Å². The molecular formula is C27H22N2O. The molecule has 1 fully saturated rings. The van der Waals surface area contributed by atoms with Gasteiger partial charge in [-0.25, -0.2) is 14.9 Å². The number of rotatable bonds is 4. The fourth-order valence-corrected chi connectivity index (χ4v) is 3.81. The fraction of sp³-hybridized carbons (Fsp3) is 0.0741. The molecule has 1 aliphatic rings. The maximum Gasteiger partial charge on any atom is 0.206 e. The first-order valence-corrected chi connectivity index (χ1v) is 10.1. The number of hydrogen-bond donors (Lipinski definition) is 0. The molecule has 146 valence electrons. The zero-order valence-corrected chi connectivity index (χ0v) is 16.8. The maximum atomic E-state index is 6.60. The highest BCUT2D eigenvalue weighted by Crippen LogP contribution is 2.47. The van der Waals surface area contributed by atoms with Gasteiger partial charge in [-0.2, -0.15) is 0 Å². The number of hydrogen-bond acceptors (Lipinski definition) is 2. The third-order valence-corrected chi connectivity index (χ3v) is 5.36. The Morgan fingerprint density at radius 2 is 1.13 bits per heavy atom. The van der Waals surface area contributed by atoms with Crippen LogP contribution in [0.1, 0.15) is 16.7 Å². The summed E-state index contributed by atoms with van der Waals surface area (Å²) in [6.07, 6.45) is 0. The monoisotopic (exact) mass is 390 g/mol. The second kappa shape index (κ2) is 7.62. The number of benzene rings is 4. The predicted octanol–water partition coefficient (Wildman–Crippen LogP) is 6.42. The molecule has 0 aromatic heterocycles. The third-order valence-electron chi connectivity index (χ3n) is 5.36. The molecule has 5 rings (SSSR count). The standard InChI is InChI=1S/C27H22N2O/c1-21-17-19-24(20-18-21)28-26-27(22-11-5-2-6-12-22,23-13-7-3-8-14-23)30-29(26)25-15-9-4-10-16-25/h2-20H,1H3. The van der Waals surface area contributed by atoms with Crippen molar-refractivity contribution >= 4 is 17.2 Å². The summed E-state index contributed by atoms with van der Waals surface area (Å²) in [6.45, 7) is 2.08. The smallest absolute Gasteiger partial charge is 0.206 e. The molecule has 1 aliphatic heterocycles. The second-order valence-corrected chi connectivity index (χ2v) is 7.41. The molecule has 0 spiro atoms. The highest BCUT2D eigenvalue weighted by atomic mass is 16.7. The van der Waals surface area contributed by atoms with Crippen molar-refractivity contribution in [2.45, 2.75) is 12.5 Å². The molecule has 0 saturated carbocycles. The van der Waals surface area contributed by atoms with E-state index in [-0.39, 0.29) is 0 Å². The van der Waals surface area contributed by atoms with Gasteiger partial charge in [-0.3, -0.25) is 0 Å². The summed E-state index contributed by atoms with van der Waals surface area (Å²) in [5, 5.41) is 1.83. The molecule has 3 heteroatoms. The summed E-state index contributed by atoms with van der Waals surface area (Å²) in [7, 11) is 0. The summed E-state index contributed by atoms with van der Waals surface area (Å²) >= 11 is 0. The first-order valence-electron chi connectivity index (χ1n) is 10.1. The molecule has 30 heavy (non-hydrogen) atoms. The van der Waals surface area contributed by atoms with Crippen LogP contribution < -0.4 is 5.06 Å². The molecule has 0 radical (unpaired) electrons. The molecule has 4 aromatic carbocycles. The van der Waals surface area contributed by atoms with Crippen LogP contribution in [0.15, 0.2) is 120 Å². The van der Waals surface area contributed by atoms with Crippen LogP contribution in [0.5, 0.6) is 0 Å². The number of aryl methyl sites for hydroxylation is 1. The number of nitrogens with zero attached hydrogens (tertiary/aromatic N) is 2. The number of aliphatic imine (C=N–C) groups is 1. The van der Waals surface area contributed by atoms with Crippen molar-refractivity contribution in [1.29, 1.82) is 0 Å². The third kappa shape index (κ3) is 3.10. The Kier molecular flexibility index (Phi) is 4.66. The topological polar surface area (TPSA) is 24.8 Å². The van der Waals surface area contributed by atoms with E-state index in [0.717, 1.165) is 28.3 Å². The van der Waals surface area contributed by atoms with E-state index >= 15 is 0 Å². The van der Waals surface area contributed by atoms with Crippen LogP contribution in [0.3, 0.4) is 0 Å². The van der Waals surface area contributed by atoms with Crippen LogP contribution in [0.25, 0.3) is 0 Å². The van der Waals surface area contributed by atoms with Crippen molar-refractivity contribution in [2.75, 3.05) is 5.06 Å². The normalized spacial score (nSPS) is 16.3. The molecule has 4 aromatic rings. The lowest BCUT2D eigenvalue weighted by atomic mass is 9.82. The lowest BCUT2D eigenvalue weighted by Crippen LogP contribution is -2.63. The van der Waals surface area contributed by atoms with Crippen LogP contribution in [0, 0.1) is 6.92 Å². The Hall–Kier alpha value is -3.69. The van der Waals surface area contributed by atoms with E-state index in [1.807, 2.05) is 83.9 Å². The van der Waals surface area contributed by atoms with Crippen LogP contribution in [-0.4, -0.2) is 5.84 Å². The lowest BCUT2D eigenvalue weighted by molar-refractivity contribution is -0.0223. The van der Waals surface area contributed by atoms with Crippen molar-refractivity contribution in [1.82, 2.24) is 0 Å². The predicted molar refractivity (Wildman–Crippen MR) is 122 cm³/mol. The zero-order chi connectivity index (χ0) is 20.4. The average Bonchev–Trinajstić information content (AvgIpc) is 2.80. The van der Waals surface area contributed by atoms with Gasteiger partial charge in [-0.1, -0.05) is 96.6 Å². The van der Waals surface area contributed by atoms with E-state index in [9.17, 15) is 0 Å². The summed E-state index contributed by atoms with van der Waals surface area (Å²) < 4.78 is 0. The highest BCUT2D eigenvalue weighted by Gasteiger charge is 2.55. The van der Waals surface area contributed by atoms with Gasteiger partial charge in [-0.15, -0.1) is 0 Å². The number of amidine groups is 1. The van der Waals surface area contributed by atoms with Crippen molar-refractivity contribution in [3.8, 4) is 0 Å². The molecule has 0 atom stereocenters. The van der Waals surface area contributed by atoms with Crippen LogP contribution in [-0.2, 0) is 10.4 Å². The van der Waals surface area contributed by atoms with Gasteiger partial charge in [0.1, 0.15) is 0 Å². The highest BCUT2D eigenvalue weighted by molar-refractivity contribution is 6.10. The Bertz CT molecular complexity index is 1110. The van der Waals surface area contributed by atoms with Crippen molar-refractivity contribution in [3.63, 3.8) is 0 Å². The minimum absolute atomic E-state index is 0.775. The van der Waals surface area contributed by atoms with Crippen molar-refractivity contribution in [3.05, 3.63) is 132 Å². The molecule has 1 saturated heterocycles. The van der Waals surface area contributed by atoms with Gasteiger partial charge in [0.05, 0.1) is 11.4 Å². The van der Waals surface area contributed by atoms with Crippen LogP contribution in [0.4, 0.5) is 11.4 Å².